The Morgan fingerprint density at radius 3 is 2.39 bits per heavy atom. The van der Waals surface area contributed by atoms with Gasteiger partial charge in [0, 0.05) is 17.2 Å². The third-order valence-electron chi connectivity index (χ3n) is 3.32. The highest BCUT2D eigenvalue weighted by atomic mass is 16.6. The molecule has 0 radical (unpaired) electrons. The van der Waals surface area contributed by atoms with E-state index in [1.165, 1.54) is 6.08 Å². The molecule has 100 valence electrons. The molecule has 0 aromatic carbocycles. The summed E-state index contributed by atoms with van der Waals surface area (Å²) in [4.78, 5) is 11.7. The second-order valence-electron chi connectivity index (χ2n) is 6.63. The maximum absolute atomic E-state index is 11.7. The molecule has 18 heavy (non-hydrogen) atoms. The van der Waals surface area contributed by atoms with Gasteiger partial charge in [-0.3, -0.25) is 0 Å². The number of carbonyl (C=O) groups excluding carboxylic acids is 1. The average Bonchev–Trinajstić information content (AvgIpc) is 2.33. The summed E-state index contributed by atoms with van der Waals surface area (Å²) in [5.74, 6) is -0.372. The van der Waals surface area contributed by atoms with Crippen LogP contribution in [-0.4, -0.2) is 17.1 Å². The number of nitrogens with one attached hydrogen (secondary N) is 1. The molecule has 1 aliphatic heterocycles. The first-order valence-electron chi connectivity index (χ1n) is 6.12. The predicted octanol–water partition coefficient (Wildman–Crippen LogP) is 2.51. The third kappa shape index (κ3) is 3.04. The van der Waals surface area contributed by atoms with Crippen molar-refractivity contribution in [3.05, 3.63) is 11.8 Å². The highest BCUT2D eigenvalue weighted by molar-refractivity contribution is 5.83. The van der Waals surface area contributed by atoms with E-state index < -0.39 is 11.1 Å². The first kappa shape index (κ1) is 14.6. The third-order valence-corrected chi connectivity index (χ3v) is 3.32. The van der Waals surface area contributed by atoms with E-state index in [4.69, 9.17) is 4.74 Å². The molecule has 0 aromatic rings. The molecule has 0 spiro atoms. The first-order valence-corrected chi connectivity index (χ1v) is 6.12. The van der Waals surface area contributed by atoms with Gasteiger partial charge in [0.05, 0.1) is 6.07 Å². The lowest BCUT2D eigenvalue weighted by atomic mass is 9.75. The monoisotopic (exact) mass is 250 g/mol. The summed E-state index contributed by atoms with van der Waals surface area (Å²) in [5, 5.41) is 12.4. The molecule has 0 amide bonds. The molecule has 1 atom stereocenters. The molecule has 1 heterocycles. The van der Waals surface area contributed by atoms with E-state index >= 15 is 0 Å². The van der Waals surface area contributed by atoms with Crippen LogP contribution in [0.5, 0.6) is 0 Å². The second-order valence-corrected chi connectivity index (χ2v) is 6.63. The smallest absolute Gasteiger partial charge is 0.333 e. The molecule has 4 nitrogen and oxygen atoms in total. The maximum atomic E-state index is 11.7. The molecule has 0 aromatic heterocycles. The number of nitrogens with zero attached hydrogens (tertiary/aromatic N) is 1. The molecular formula is C14H22N2O2. The van der Waals surface area contributed by atoms with Crippen molar-refractivity contribution in [2.45, 2.75) is 59.1 Å². The maximum Gasteiger partial charge on any atom is 0.333 e. The Morgan fingerprint density at radius 2 is 2.00 bits per heavy atom. The van der Waals surface area contributed by atoms with Crippen molar-refractivity contribution in [1.29, 1.82) is 5.26 Å². The zero-order valence-electron chi connectivity index (χ0n) is 12.0. The number of hydrogen-bond donors (Lipinski definition) is 1. The lowest BCUT2D eigenvalue weighted by Gasteiger charge is -2.30. The fraction of sp³-hybridized carbons (Fsp3) is 0.714. The van der Waals surface area contributed by atoms with Gasteiger partial charge in [0.15, 0.2) is 0 Å². The molecule has 4 heteroatoms. The number of allylic oxidation sites excluding steroid dienone is 1. The van der Waals surface area contributed by atoms with E-state index in [2.05, 4.69) is 11.4 Å². The minimum absolute atomic E-state index is 0.213. The number of rotatable bonds is 1. The normalized spacial score (nSPS) is 28.6. The second kappa shape index (κ2) is 4.31. The van der Waals surface area contributed by atoms with Crippen molar-refractivity contribution < 1.29 is 9.53 Å². The van der Waals surface area contributed by atoms with Crippen LogP contribution >= 0.6 is 0 Å². The molecule has 1 saturated heterocycles. The van der Waals surface area contributed by atoms with Crippen LogP contribution in [0.15, 0.2) is 11.8 Å². The van der Waals surface area contributed by atoms with Crippen LogP contribution in [0, 0.1) is 16.7 Å². The topological polar surface area (TPSA) is 62.1 Å². The van der Waals surface area contributed by atoms with Crippen LogP contribution in [0.25, 0.3) is 0 Å². The van der Waals surface area contributed by atoms with Gasteiger partial charge in [-0.05, 0) is 34.1 Å². The number of esters is 1. The molecule has 0 bridgehead atoms. The first-order chi connectivity index (χ1) is 7.99. The largest absolute Gasteiger partial charge is 0.457 e. The van der Waals surface area contributed by atoms with Crippen LogP contribution in [0.1, 0.15) is 48.0 Å². The Kier molecular flexibility index (Phi) is 3.49. The van der Waals surface area contributed by atoms with Gasteiger partial charge in [-0.1, -0.05) is 13.8 Å². The van der Waals surface area contributed by atoms with Crippen LogP contribution < -0.4 is 5.32 Å². The Bertz CT molecular complexity index is 424. The molecule has 1 aliphatic rings. The summed E-state index contributed by atoms with van der Waals surface area (Å²) in [7, 11) is 0. The molecular weight excluding hydrogens is 228 g/mol. The molecule has 0 aliphatic carbocycles. The van der Waals surface area contributed by atoms with E-state index in [-0.39, 0.29) is 11.4 Å². The zero-order chi connectivity index (χ0) is 14.2. The van der Waals surface area contributed by atoms with Crippen molar-refractivity contribution in [2.75, 3.05) is 0 Å². The number of ether oxygens (including phenoxy) is 1. The Balaban J connectivity index is 2.84. The fourth-order valence-electron chi connectivity index (χ4n) is 1.93. The van der Waals surface area contributed by atoms with Crippen LogP contribution in [0.2, 0.25) is 0 Å². The average molecular weight is 250 g/mol. The fourth-order valence-corrected chi connectivity index (χ4v) is 1.93. The Morgan fingerprint density at radius 1 is 1.44 bits per heavy atom. The van der Waals surface area contributed by atoms with Crippen LogP contribution in [0.4, 0.5) is 0 Å². The van der Waals surface area contributed by atoms with E-state index in [1.54, 1.807) is 0 Å². The molecule has 1 N–H and O–H groups in total. The Labute approximate surface area is 109 Å². The summed E-state index contributed by atoms with van der Waals surface area (Å²) in [5.41, 5.74) is -0.602. The lowest BCUT2D eigenvalue weighted by molar-refractivity contribution is -0.148. The summed E-state index contributed by atoms with van der Waals surface area (Å²) < 4.78 is 5.23. The van der Waals surface area contributed by atoms with E-state index in [0.717, 1.165) is 5.70 Å². The van der Waals surface area contributed by atoms with Crippen molar-refractivity contribution in [3.63, 3.8) is 0 Å². The van der Waals surface area contributed by atoms with Gasteiger partial charge in [0.25, 0.3) is 0 Å². The lowest BCUT2D eigenvalue weighted by Crippen LogP contribution is -2.44. The standard InChI is InChI=1S/C14H22N2O2/c1-12(2,3)18-11(17)7-10-8-13(4,5)14(6,9-15)16-10/h7,16H,8H2,1-6H3/b10-7-. The predicted molar refractivity (Wildman–Crippen MR) is 69.5 cm³/mol. The summed E-state index contributed by atoms with van der Waals surface area (Å²) in [6.45, 7) is 11.4. The SMILES string of the molecule is CC(C)(C)OC(=O)/C=C1/CC(C)(C)C(C)(C#N)N1. The summed E-state index contributed by atoms with van der Waals surface area (Å²) in [6, 6.07) is 2.28. The van der Waals surface area contributed by atoms with Gasteiger partial charge in [0.1, 0.15) is 11.1 Å². The van der Waals surface area contributed by atoms with Gasteiger partial charge in [-0.15, -0.1) is 0 Å². The number of hydrogen-bond acceptors (Lipinski definition) is 4. The van der Waals surface area contributed by atoms with Gasteiger partial charge in [-0.2, -0.15) is 5.26 Å². The number of carbonyl (C=O) groups is 1. The highest BCUT2D eigenvalue weighted by Crippen LogP contribution is 2.42. The van der Waals surface area contributed by atoms with Gasteiger partial charge >= 0.3 is 5.97 Å². The van der Waals surface area contributed by atoms with Crippen molar-refractivity contribution in [1.82, 2.24) is 5.32 Å². The quantitative estimate of drug-likeness (QED) is 0.574. The highest BCUT2D eigenvalue weighted by Gasteiger charge is 2.47. The zero-order valence-corrected chi connectivity index (χ0v) is 12.0. The van der Waals surface area contributed by atoms with E-state index in [9.17, 15) is 10.1 Å². The van der Waals surface area contributed by atoms with Gasteiger partial charge in [0.2, 0.25) is 0 Å². The van der Waals surface area contributed by atoms with Crippen LogP contribution in [0.3, 0.4) is 0 Å². The Hall–Kier alpha value is -1.50. The molecule has 1 fully saturated rings. The summed E-state index contributed by atoms with van der Waals surface area (Å²) >= 11 is 0. The minimum Gasteiger partial charge on any atom is -0.457 e. The van der Waals surface area contributed by atoms with Crippen LogP contribution in [-0.2, 0) is 9.53 Å². The minimum atomic E-state index is -0.652. The van der Waals surface area contributed by atoms with Crippen molar-refractivity contribution in [2.24, 2.45) is 5.41 Å². The van der Waals surface area contributed by atoms with Gasteiger partial charge in [-0.25, -0.2) is 4.79 Å². The number of nitriles is 1. The van der Waals surface area contributed by atoms with E-state index in [1.807, 2.05) is 41.5 Å². The van der Waals surface area contributed by atoms with E-state index in [0.29, 0.717) is 6.42 Å². The van der Waals surface area contributed by atoms with Crippen molar-refractivity contribution in [3.8, 4) is 6.07 Å². The molecule has 1 rings (SSSR count). The van der Waals surface area contributed by atoms with Crippen molar-refractivity contribution >= 4 is 5.97 Å². The summed E-state index contributed by atoms with van der Waals surface area (Å²) in [6.07, 6.45) is 2.12. The van der Waals surface area contributed by atoms with Gasteiger partial charge < -0.3 is 10.1 Å². The molecule has 0 saturated carbocycles. The molecule has 1 unspecified atom stereocenters.